The van der Waals surface area contributed by atoms with Crippen LogP contribution in [0.15, 0.2) is 0 Å². The predicted molar refractivity (Wildman–Crippen MR) is 50.3 cm³/mol. The maximum Gasteiger partial charge on any atom is 0.219 e. The van der Waals surface area contributed by atoms with Gasteiger partial charge in [-0.05, 0) is 14.0 Å². The highest BCUT2D eigenvalue weighted by molar-refractivity contribution is 5.74. The fourth-order valence-electron chi connectivity index (χ4n) is 2.01. The molecule has 1 aliphatic heterocycles. The largest absolute Gasteiger partial charge is 0.391 e. The first-order valence-electron chi connectivity index (χ1n) is 4.67. The van der Waals surface area contributed by atoms with Crippen molar-refractivity contribution in [1.29, 1.82) is 0 Å². The van der Waals surface area contributed by atoms with Gasteiger partial charge in [-0.25, -0.2) is 0 Å². The first-order valence-corrected chi connectivity index (χ1v) is 4.67. The van der Waals surface area contributed by atoms with Crippen LogP contribution in [0, 0.1) is 5.92 Å². The Morgan fingerprint density at radius 3 is 2.69 bits per heavy atom. The van der Waals surface area contributed by atoms with Crippen LogP contribution in [0.3, 0.4) is 0 Å². The fraction of sp³-hybridized carbons (Fsp3) is 0.889. The second-order valence-electron chi connectivity index (χ2n) is 3.70. The van der Waals surface area contributed by atoms with Crippen molar-refractivity contribution in [2.45, 2.75) is 26.0 Å². The van der Waals surface area contributed by atoms with Crippen molar-refractivity contribution in [2.24, 2.45) is 5.92 Å². The van der Waals surface area contributed by atoms with Crippen LogP contribution in [-0.2, 0) is 4.79 Å². The minimum atomic E-state index is -0.383. The standard InChI is InChI=1S/C9H18N2O2/c1-6-8(4-10-3)9(13)5-11(6)7(2)12/h6,8-10,13H,4-5H2,1-3H3. The average molecular weight is 186 g/mol. The number of hydrogen-bond acceptors (Lipinski definition) is 3. The molecular weight excluding hydrogens is 168 g/mol. The molecule has 0 saturated carbocycles. The van der Waals surface area contributed by atoms with Crippen molar-refractivity contribution in [2.75, 3.05) is 20.1 Å². The van der Waals surface area contributed by atoms with Crippen molar-refractivity contribution in [3.05, 3.63) is 0 Å². The molecular formula is C9H18N2O2. The number of hydrogen-bond donors (Lipinski definition) is 2. The first kappa shape index (κ1) is 10.5. The van der Waals surface area contributed by atoms with E-state index in [1.807, 2.05) is 14.0 Å². The molecule has 0 aromatic carbocycles. The molecule has 1 fully saturated rings. The Hall–Kier alpha value is -0.610. The summed E-state index contributed by atoms with van der Waals surface area (Å²) in [5.41, 5.74) is 0. The molecule has 0 spiro atoms. The van der Waals surface area contributed by atoms with Gasteiger partial charge in [0.2, 0.25) is 5.91 Å². The van der Waals surface area contributed by atoms with E-state index in [0.29, 0.717) is 6.54 Å². The van der Waals surface area contributed by atoms with Gasteiger partial charge in [-0.3, -0.25) is 4.79 Å². The molecule has 1 amide bonds. The summed E-state index contributed by atoms with van der Waals surface area (Å²) in [5.74, 6) is 0.207. The molecule has 1 aliphatic rings. The number of rotatable bonds is 2. The third-order valence-electron chi connectivity index (χ3n) is 2.83. The molecule has 2 N–H and O–H groups in total. The molecule has 3 atom stereocenters. The summed E-state index contributed by atoms with van der Waals surface area (Å²) in [6.07, 6.45) is -0.383. The van der Waals surface area contributed by atoms with E-state index in [-0.39, 0.29) is 24.0 Å². The SMILES string of the molecule is CNCC1C(O)CN(C(C)=O)C1C. The number of β-amino-alcohol motifs (C(OH)–C–C–N with tert-alkyl or cyclic N) is 1. The zero-order valence-corrected chi connectivity index (χ0v) is 8.45. The van der Waals surface area contributed by atoms with E-state index >= 15 is 0 Å². The van der Waals surface area contributed by atoms with Crippen LogP contribution in [0.5, 0.6) is 0 Å². The number of amides is 1. The van der Waals surface area contributed by atoms with E-state index in [1.54, 1.807) is 11.8 Å². The van der Waals surface area contributed by atoms with Gasteiger partial charge >= 0.3 is 0 Å². The molecule has 0 aromatic heterocycles. The van der Waals surface area contributed by atoms with Crippen LogP contribution >= 0.6 is 0 Å². The normalized spacial score (nSPS) is 33.8. The average Bonchev–Trinajstić information content (AvgIpc) is 2.32. The fourth-order valence-corrected chi connectivity index (χ4v) is 2.01. The lowest BCUT2D eigenvalue weighted by atomic mass is 10.00. The number of nitrogens with one attached hydrogen (secondary N) is 1. The predicted octanol–water partition coefficient (Wildman–Crippen LogP) is -0.567. The Kier molecular flexibility index (Phi) is 3.27. The molecule has 0 aromatic rings. The van der Waals surface area contributed by atoms with E-state index in [1.165, 1.54) is 0 Å². The number of aliphatic hydroxyl groups is 1. The summed E-state index contributed by atoms with van der Waals surface area (Å²) < 4.78 is 0. The Bertz CT molecular complexity index is 196. The topological polar surface area (TPSA) is 52.6 Å². The van der Waals surface area contributed by atoms with Crippen LogP contribution in [-0.4, -0.2) is 48.2 Å². The summed E-state index contributed by atoms with van der Waals surface area (Å²) in [7, 11) is 1.86. The van der Waals surface area contributed by atoms with Crippen LogP contribution in [0.1, 0.15) is 13.8 Å². The molecule has 4 heteroatoms. The number of carbonyl (C=O) groups excluding carboxylic acids is 1. The van der Waals surface area contributed by atoms with E-state index in [2.05, 4.69) is 5.32 Å². The summed E-state index contributed by atoms with van der Waals surface area (Å²) in [5, 5.41) is 12.7. The van der Waals surface area contributed by atoms with Gasteiger partial charge in [-0.2, -0.15) is 0 Å². The van der Waals surface area contributed by atoms with Gasteiger partial charge in [0.15, 0.2) is 0 Å². The van der Waals surface area contributed by atoms with Gasteiger partial charge in [0.25, 0.3) is 0 Å². The lowest BCUT2D eigenvalue weighted by molar-refractivity contribution is -0.129. The minimum Gasteiger partial charge on any atom is -0.391 e. The molecule has 0 aliphatic carbocycles. The maximum atomic E-state index is 11.1. The van der Waals surface area contributed by atoms with Crippen LogP contribution in [0.2, 0.25) is 0 Å². The quantitative estimate of drug-likeness (QED) is 0.607. The van der Waals surface area contributed by atoms with Gasteiger partial charge in [-0.15, -0.1) is 0 Å². The number of nitrogens with zero attached hydrogens (tertiary/aromatic N) is 1. The molecule has 1 rings (SSSR count). The number of aliphatic hydroxyl groups excluding tert-OH is 1. The zero-order valence-electron chi connectivity index (χ0n) is 8.45. The molecule has 1 heterocycles. The van der Waals surface area contributed by atoms with E-state index < -0.39 is 0 Å². The minimum absolute atomic E-state index is 0.0464. The third kappa shape index (κ3) is 2.00. The van der Waals surface area contributed by atoms with Gasteiger partial charge in [0.1, 0.15) is 0 Å². The van der Waals surface area contributed by atoms with E-state index in [9.17, 15) is 9.90 Å². The summed E-state index contributed by atoms with van der Waals surface area (Å²) in [6, 6.07) is 0.139. The molecule has 0 bridgehead atoms. The summed E-state index contributed by atoms with van der Waals surface area (Å²) in [6.45, 7) is 4.76. The Labute approximate surface area is 78.9 Å². The monoisotopic (exact) mass is 186 g/mol. The van der Waals surface area contributed by atoms with Gasteiger partial charge in [0, 0.05) is 32.0 Å². The van der Waals surface area contributed by atoms with Crippen molar-refractivity contribution in [3.63, 3.8) is 0 Å². The van der Waals surface area contributed by atoms with E-state index in [0.717, 1.165) is 6.54 Å². The highest BCUT2D eigenvalue weighted by Gasteiger charge is 2.38. The molecule has 4 nitrogen and oxygen atoms in total. The zero-order chi connectivity index (χ0) is 10.0. The highest BCUT2D eigenvalue weighted by atomic mass is 16.3. The summed E-state index contributed by atoms with van der Waals surface area (Å²) in [4.78, 5) is 12.9. The van der Waals surface area contributed by atoms with Crippen molar-refractivity contribution in [1.82, 2.24) is 10.2 Å². The molecule has 13 heavy (non-hydrogen) atoms. The van der Waals surface area contributed by atoms with Crippen molar-refractivity contribution in [3.8, 4) is 0 Å². The first-order chi connectivity index (χ1) is 6.07. The lowest BCUT2D eigenvalue weighted by Gasteiger charge is -2.22. The number of carbonyl (C=O) groups is 1. The molecule has 1 saturated heterocycles. The van der Waals surface area contributed by atoms with Crippen LogP contribution in [0.4, 0.5) is 0 Å². The van der Waals surface area contributed by atoms with Gasteiger partial charge in [0.05, 0.1) is 6.10 Å². The molecule has 3 unspecified atom stereocenters. The second-order valence-corrected chi connectivity index (χ2v) is 3.70. The second kappa shape index (κ2) is 4.07. The van der Waals surface area contributed by atoms with Gasteiger partial charge in [-0.1, -0.05) is 0 Å². The highest BCUT2D eigenvalue weighted by Crippen LogP contribution is 2.23. The maximum absolute atomic E-state index is 11.1. The van der Waals surface area contributed by atoms with Crippen molar-refractivity contribution < 1.29 is 9.90 Å². The van der Waals surface area contributed by atoms with Crippen LogP contribution < -0.4 is 5.32 Å². The smallest absolute Gasteiger partial charge is 0.219 e. The number of likely N-dealkylation sites (tertiary alicyclic amines) is 1. The van der Waals surface area contributed by atoms with Crippen LogP contribution in [0.25, 0.3) is 0 Å². The lowest BCUT2D eigenvalue weighted by Crippen LogP contribution is -2.36. The summed E-state index contributed by atoms with van der Waals surface area (Å²) >= 11 is 0. The molecule has 0 radical (unpaired) electrons. The Balaban J connectivity index is 2.63. The van der Waals surface area contributed by atoms with Gasteiger partial charge < -0.3 is 15.3 Å². The Morgan fingerprint density at radius 1 is 1.69 bits per heavy atom. The molecule has 76 valence electrons. The Morgan fingerprint density at radius 2 is 2.31 bits per heavy atom. The van der Waals surface area contributed by atoms with Crippen molar-refractivity contribution >= 4 is 5.91 Å². The van der Waals surface area contributed by atoms with E-state index in [4.69, 9.17) is 0 Å². The third-order valence-corrected chi connectivity index (χ3v) is 2.83.